The fourth-order valence-corrected chi connectivity index (χ4v) is 2.25. The van der Waals surface area contributed by atoms with E-state index in [4.69, 9.17) is 0 Å². The predicted octanol–water partition coefficient (Wildman–Crippen LogP) is 3.45. The summed E-state index contributed by atoms with van der Waals surface area (Å²) < 4.78 is 0. The molecule has 1 heterocycles. The van der Waals surface area contributed by atoms with E-state index in [0.717, 1.165) is 22.7 Å². The van der Waals surface area contributed by atoms with Crippen LogP contribution in [0, 0.1) is 63.7 Å². The normalized spacial score (nSPS) is 21.8. The third-order valence-corrected chi connectivity index (χ3v) is 3.27. The van der Waals surface area contributed by atoms with Crippen LogP contribution in [0.4, 0.5) is 5.69 Å². The van der Waals surface area contributed by atoms with Gasteiger partial charge < -0.3 is 5.32 Å². The van der Waals surface area contributed by atoms with Crippen molar-refractivity contribution in [3.63, 3.8) is 0 Å². The molecule has 0 spiro atoms. The van der Waals surface area contributed by atoms with Crippen LogP contribution in [0.5, 0.6) is 0 Å². The van der Waals surface area contributed by atoms with E-state index in [9.17, 15) is 4.79 Å². The third kappa shape index (κ3) is 4.24. The standard InChI is InChI=1S/C14H10NO.C5H5.Fe/c16-14-12(9-10-5-1-2-6-10)11-7-3-4-8-13(11)15-14;1-2-4-5-3-1;/h1-9H,(H,15,16);1-5H;/q;;+2/b12-9+;;. The molecular formula is C19H15FeNO+2. The first-order valence-corrected chi connectivity index (χ1v) is 6.85. The molecule has 1 aliphatic heterocycles. The fourth-order valence-electron chi connectivity index (χ4n) is 2.25. The number of nitrogens with one attached hydrogen (secondary N) is 1. The molecule has 0 unspecified atom stereocenters. The minimum atomic E-state index is -0.0256. The van der Waals surface area contributed by atoms with Gasteiger partial charge in [-0.25, -0.2) is 0 Å². The zero-order valence-electron chi connectivity index (χ0n) is 11.8. The van der Waals surface area contributed by atoms with Crippen LogP contribution in [0.15, 0.2) is 30.3 Å². The van der Waals surface area contributed by atoms with Gasteiger partial charge in [0.25, 0.3) is 5.91 Å². The van der Waals surface area contributed by atoms with E-state index >= 15 is 0 Å². The number of fused-ring (bicyclic) bond motifs is 1. The summed E-state index contributed by atoms with van der Waals surface area (Å²) in [6, 6.07) is 7.74. The maximum atomic E-state index is 11.8. The van der Waals surface area contributed by atoms with E-state index < -0.39 is 0 Å². The Morgan fingerprint density at radius 2 is 1.41 bits per heavy atom. The molecule has 0 aromatic heterocycles. The number of rotatable bonds is 1. The van der Waals surface area contributed by atoms with Crippen molar-refractivity contribution in [1.29, 1.82) is 0 Å². The second kappa shape index (κ2) is 8.55. The molecule has 10 radical (unpaired) electrons. The van der Waals surface area contributed by atoms with Crippen LogP contribution in [-0.2, 0) is 21.9 Å². The number of allylic oxidation sites excluding steroid dienone is 1. The predicted molar refractivity (Wildman–Crippen MR) is 85.0 cm³/mol. The molecule has 1 aromatic carbocycles. The zero-order valence-corrected chi connectivity index (χ0v) is 12.9. The molecule has 108 valence electrons. The summed E-state index contributed by atoms with van der Waals surface area (Å²) in [5, 5.41) is 2.85. The molecule has 4 rings (SSSR count). The van der Waals surface area contributed by atoms with Crippen molar-refractivity contribution >= 4 is 17.2 Å². The number of hydrogen-bond donors (Lipinski definition) is 1. The molecule has 1 N–H and O–H groups in total. The first kappa shape index (κ1) is 17.3. The Labute approximate surface area is 144 Å². The molecule has 3 aliphatic rings. The third-order valence-electron chi connectivity index (χ3n) is 3.27. The number of carbonyl (C=O) groups is 1. The minimum absolute atomic E-state index is 0. The molecule has 2 nitrogen and oxygen atoms in total. The Morgan fingerprint density at radius 3 is 2.05 bits per heavy atom. The number of benzene rings is 1. The van der Waals surface area contributed by atoms with Gasteiger partial charge in [-0.3, -0.25) is 4.79 Å². The van der Waals surface area contributed by atoms with Crippen molar-refractivity contribution < 1.29 is 21.9 Å². The van der Waals surface area contributed by atoms with Gasteiger partial charge in [0.05, 0.1) is 0 Å². The van der Waals surface area contributed by atoms with E-state index in [0.29, 0.717) is 0 Å². The van der Waals surface area contributed by atoms with Crippen molar-refractivity contribution in [1.82, 2.24) is 0 Å². The molecule has 1 amide bonds. The van der Waals surface area contributed by atoms with Crippen molar-refractivity contribution in [3.8, 4) is 0 Å². The van der Waals surface area contributed by atoms with Crippen LogP contribution in [0.25, 0.3) is 5.57 Å². The molecule has 22 heavy (non-hydrogen) atoms. The summed E-state index contributed by atoms with van der Waals surface area (Å²) in [6.45, 7) is 0. The van der Waals surface area contributed by atoms with E-state index in [1.165, 1.54) is 0 Å². The summed E-state index contributed by atoms with van der Waals surface area (Å²) >= 11 is 0. The molecule has 2 fully saturated rings. The number of hydrogen-bond acceptors (Lipinski definition) is 1. The van der Waals surface area contributed by atoms with E-state index in [1.54, 1.807) is 0 Å². The maximum Gasteiger partial charge on any atom is 2.00 e. The largest absolute Gasteiger partial charge is 2.00 e. The Morgan fingerprint density at radius 1 is 0.818 bits per heavy atom. The van der Waals surface area contributed by atoms with Gasteiger partial charge in [-0.1, -0.05) is 24.3 Å². The van der Waals surface area contributed by atoms with Crippen molar-refractivity contribution in [3.05, 3.63) is 99.6 Å². The van der Waals surface area contributed by atoms with Gasteiger partial charge in [-0.15, -0.1) is 0 Å². The first-order valence-electron chi connectivity index (χ1n) is 6.85. The second-order valence-electron chi connectivity index (χ2n) is 4.74. The number of carbonyl (C=O) groups excluding carboxylic acids is 1. The number of para-hydroxylation sites is 1. The number of amides is 1. The Bertz CT molecular complexity index is 520. The maximum absolute atomic E-state index is 11.8. The van der Waals surface area contributed by atoms with Crippen LogP contribution in [-0.4, -0.2) is 5.91 Å². The van der Waals surface area contributed by atoms with Gasteiger partial charge in [0.2, 0.25) is 0 Å². The van der Waals surface area contributed by atoms with Crippen LogP contribution < -0.4 is 5.32 Å². The van der Waals surface area contributed by atoms with Gasteiger partial charge in [-0.2, -0.15) is 0 Å². The summed E-state index contributed by atoms with van der Waals surface area (Å²) in [7, 11) is 0. The van der Waals surface area contributed by atoms with E-state index in [-0.39, 0.29) is 23.0 Å². The van der Waals surface area contributed by atoms with Crippen molar-refractivity contribution in [2.45, 2.75) is 0 Å². The van der Waals surface area contributed by atoms with Gasteiger partial charge >= 0.3 is 17.1 Å². The molecule has 0 saturated heterocycles. The topological polar surface area (TPSA) is 29.1 Å². The van der Waals surface area contributed by atoms with Gasteiger partial charge in [0, 0.05) is 22.7 Å². The van der Waals surface area contributed by atoms with Crippen molar-refractivity contribution in [2.75, 3.05) is 5.32 Å². The van der Waals surface area contributed by atoms with Crippen LogP contribution in [0.2, 0.25) is 0 Å². The molecular weight excluding hydrogens is 314 g/mol. The van der Waals surface area contributed by atoms with Gasteiger partial charge in [0.1, 0.15) is 0 Å². The molecule has 1 aromatic rings. The summed E-state index contributed by atoms with van der Waals surface area (Å²) in [5.41, 5.74) is 2.61. The fraction of sp³-hybridized carbons (Fsp3) is 0. The quantitative estimate of drug-likeness (QED) is 0.621. The van der Waals surface area contributed by atoms with Crippen LogP contribution in [0.1, 0.15) is 5.56 Å². The Hall–Kier alpha value is -1.05. The second-order valence-corrected chi connectivity index (χ2v) is 4.74. The monoisotopic (exact) mass is 329 g/mol. The van der Waals surface area contributed by atoms with E-state index in [1.807, 2.05) is 88.1 Å². The molecule has 0 bridgehead atoms. The summed E-state index contributed by atoms with van der Waals surface area (Å²) in [6.07, 6.45) is 19.8. The zero-order chi connectivity index (χ0) is 14.5. The van der Waals surface area contributed by atoms with Gasteiger partial charge in [0.15, 0.2) is 0 Å². The summed E-state index contributed by atoms with van der Waals surface area (Å²) in [4.78, 5) is 11.8. The Balaban J connectivity index is 0.000000253. The first-order chi connectivity index (χ1) is 10.3. The average molecular weight is 329 g/mol. The average Bonchev–Trinajstić information content (AvgIpc) is 3.24. The number of anilines is 1. The van der Waals surface area contributed by atoms with Crippen molar-refractivity contribution in [2.24, 2.45) is 0 Å². The molecule has 2 saturated carbocycles. The smallest absolute Gasteiger partial charge is 0.321 e. The van der Waals surface area contributed by atoms with Crippen LogP contribution >= 0.6 is 0 Å². The molecule has 0 atom stereocenters. The van der Waals surface area contributed by atoms with E-state index in [2.05, 4.69) is 5.32 Å². The minimum Gasteiger partial charge on any atom is -0.321 e. The SMILES string of the molecule is O=C1Nc2ccccc2/C1=C\[C]1[CH][CH][CH][CH]1.[CH]1[CH][CH][CH][CH]1.[Fe+2]. The molecule has 3 heteroatoms. The van der Waals surface area contributed by atoms with Crippen LogP contribution in [0.3, 0.4) is 0 Å². The molecule has 2 aliphatic carbocycles. The van der Waals surface area contributed by atoms with Gasteiger partial charge in [-0.05, 0) is 63.9 Å². The Kier molecular flexibility index (Phi) is 6.72. The summed E-state index contributed by atoms with van der Waals surface area (Å²) in [5.74, 6) is 1.03.